The molecule has 0 aliphatic rings. The predicted octanol–water partition coefficient (Wildman–Crippen LogP) is 4.43. The minimum absolute atomic E-state index is 0.00272. The molecule has 4 nitrogen and oxygen atoms in total. The second kappa shape index (κ2) is 7.53. The first-order valence-corrected chi connectivity index (χ1v) is 8.94. The number of hydrogen-bond acceptors (Lipinski definition) is 4. The van der Waals surface area contributed by atoms with Gasteiger partial charge in [-0.3, -0.25) is 4.79 Å². The molecule has 0 aliphatic heterocycles. The molecule has 0 radical (unpaired) electrons. The zero-order valence-corrected chi connectivity index (χ0v) is 14.5. The van der Waals surface area contributed by atoms with Gasteiger partial charge in [0, 0.05) is 0 Å². The highest BCUT2D eigenvalue weighted by molar-refractivity contribution is 7.99. The van der Waals surface area contributed by atoms with Crippen LogP contribution in [-0.2, 0) is 4.79 Å². The highest BCUT2D eigenvalue weighted by atomic mass is 32.2. The molecule has 1 N–H and O–H groups in total. The monoisotopic (exact) mass is 340 g/mol. The Morgan fingerprint density at radius 2 is 1.83 bits per heavy atom. The first kappa shape index (κ1) is 16.6. The van der Waals surface area contributed by atoms with Crippen LogP contribution in [0.15, 0.2) is 64.2 Å². The van der Waals surface area contributed by atoms with Crippen molar-refractivity contribution in [1.29, 1.82) is 0 Å². The fourth-order valence-corrected chi connectivity index (χ4v) is 3.20. The fourth-order valence-electron chi connectivity index (χ4n) is 2.55. The molecular weight excluding hydrogens is 320 g/mol. The molecule has 1 atom stereocenters. The molecule has 24 heavy (non-hydrogen) atoms. The molecule has 0 fully saturated rings. The molecule has 1 unspecified atom stereocenters. The van der Waals surface area contributed by atoms with E-state index in [2.05, 4.69) is 24.1 Å². The number of fused-ring (bicyclic) bond motifs is 1. The quantitative estimate of drug-likeness (QED) is 0.674. The molecular formula is C19H20N2O2S. The van der Waals surface area contributed by atoms with Gasteiger partial charge in [0.2, 0.25) is 5.91 Å². The van der Waals surface area contributed by atoms with Crippen molar-refractivity contribution in [2.45, 2.75) is 25.1 Å². The number of nitrogens with one attached hydrogen (secondary N) is 1. The lowest BCUT2D eigenvalue weighted by atomic mass is 9.96. The van der Waals surface area contributed by atoms with Gasteiger partial charge in [0.1, 0.15) is 5.52 Å². The Morgan fingerprint density at radius 1 is 1.12 bits per heavy atom. The molecule has 0 saturated heterocycles. The Labute approximate surface area is 145 Å². The maximum Gasteiger partial charge on any atom is 0.257 e. The van der Waals surface area contributed by atoms with E-state index in [1.54, 1.807) is 0 Å². The van der Waals surface area contributed by atoms with Crippen LogP contribution in [0.25, 0.3) is 11.1 Å². The zero-order chi connectivity index (χ0) is 16.9. The average molecular weight is 340 g/mol. The summed E-state index contributed by atoms with van der Waals surface area (Å²) >= 11 is 1.31. The van der Waals surface area contributed by atoms with Crippen LogP contribution in [0.3, 0.4) is 0 Å². The van der Waals surface area contributed by atoms with Crippen LogP contribution in [0.1, 0.15) is 25.5 Å². The van der Waals surface area contributed by atoms with E-state index >= 15 is 0 Å². The Bertz CT molecular complexity index is 781. The van der Waals surface area contributed by atoms with Gasteiger partial charge >= 0.3 is 0 Å². The first-order chi connectivity index (χ1) is 11.6. The molecule has 5 heteroatoms. The van der Waals surface area contributed by atoms with E-state index < -0.39 is 0 Å². The highest BCUT2D eigenvalue weighted by Crippen LogP contribution is 2.24. The number of rotatable bonds is 6. The van der Waals surface area contributed by atoms with Gasteiger partial charge in [-0.15, -0.1) is 0 Å². The van der Waals surface area contributed by atoms with Gasteiger partial charge in [0.25, 0.3) is 5.22 Å². The molecule has 3 rings (SSSR count). The Balaban J connectivity index is 1.61. The highest BCUT2D eigenvalue weighted by Gasteiger charge is 2.18. The number of hydrogen-bond donors (Lipinski definition) is 1. The Kier molecular flexibility index (Phi) is 5.20. The zero-order valence-electron chi connectivity index (χ0n) is 13.7. The van der Waals surface area contributed by atoms with Gasteiger partial charge in [-0.25, -0.2) is 4.98 Å². The minimum Gasteiger partial charge on any atom is -0.431 e. The number of benzene rings is 2. The van der Waals surface area contributed by atoms with Gasteiger partial charge in [-0.05, 0) is 23.6 Å². The van der Waals surface area contributed by atoms with Crippen LogP contribution in [0.4, 0.5) is 0 Å². The summed E-state index contributed by atoms with van der Waals surface area (Å²) in [5.41, 5.74) is 2.67. The predicted molar refractivity (Wildman–Crippen MR) is 96.9 cm³/mol. The maximum atomic E-state index is 12.3. The van der Waals surface area contributed by atoms with Crippen molar-refractivity contribution < 1.29 is 9.21 Å². The van der Waals surface area contributed by atoms with E-state index in [-0.39, 0.29) is 17.7 Å². The third-order valence-electron chi connectivity index (χ3n) is 3.74. The topological polar surface area (TPSA) is 55.1 Å². The molecule has 0 aliphatic carbocycles. The Hall–Kier alpha value is -2.27. The fraction of sp³-hybridized carbons (Fsp3) is 0.263. The number of carbonyl (C=O) groups is 1. The molecule has 3 aromatic rings. The van der Waals surface area contributed by atoms with E-state index in [1.807, 2.05) is 54.6 Å². The number of nitrogens with zero attached hydrogens (tertiary/aromatic N) is 1. The summed E-state index contributed by atoms with van der Waals surface area (Å²) in [6.45, 7) is 4.21. The maximum absolute atomic E-state index is 12.3. The van der Waals surface area contributed by atoms with Crippen LogP contribution in [-0.4, -0.2) is 16.6 Å². The third kappa shape index (κ3) is 3.97. The van der Waals surface area contributed by atoms with Crippen LogP contribution >= 0.6 is 11.8 Å². The van der Waals surface area contributed by atoms with Crippen molar-refractivity contribution in [2.75, 3.05) is 5.75 Å². The lowest BCUT2D eigenvalue weighted by Gasteiger charge is -2.22. The second-order valence-corrected chi connectivity index (χ2v) is 6.86. The van der Waals surface area contributed by atoms with E-state index in [1.165, 1.54) is 11.8 Å². The van der Waals surface area contributed by atoms with Crippen LogP contribution in [0.5, 0.6) is 0 Å². The molecule has 0 bridgehead atoms. The SMILES string of the molecule is CC(C)C(NC(=O)CSc1nc2ccccc2o1)c1ccccc1. The van der Waals surface area contributed by atoms with Gasteiger partial charge in [0.15, 0.2) is 5.58 Å². The summed E-state index contributed by atoms with van der Waals surface area (Å²) in [6, 6.07) is 17.6. The average Bonchev–Trinajstić information content (AvgIpc) is 3.01. The summed E-state index contributed by atoms with van der Waals surface area (Å²) in [7, 11) is 0. The van der Waals surface area contributed by atoms with E-state index in [0.717, 1.165) is 16.7 Å². The van der Waals surface area contributed by atoms with Crippen LogP contribution < -0.4 is 5.32 Å². The van der Waals surface area contributed by atoms with Gasteiger partial charge in [0.05, 0.1) is 11.8 Å². The summed E-state index contributed by atoms with van der Waals surface area (Å²) in [6.07, 6.45) is 0. The molecule has 1 heterocycles. The van der Waals surface area contributed by atoms with Crippen molar-refractivity contribution in [3.63, 3.8) is 0 Å². The third-order valence-corrected chi connectivity index (χ3v) is 4.57. The standard InChI is InChI=1S/C19H20N2O2S/c1-13(2)18(14-8-4-3-5-9-14)21-17(22)12-24-19-20-15-10-6-7-11-16(15)23-19/h3-11,13,18H,12H2,1-2H3,(H,21,22). The molecule has 0 spiro atoms. The minimum atomic E-state index is -0.0233. The number of amides is 1. The normalized spacial score (nSPS) is 12.5. The van der Waals surface area contributed by atoms with Gasteiger partial charge in [-0.2, -0.15) is 0 Å². The number of thioether (sulfide) groups is 1. The molecule has 1 aromatic heterocycles. The Morgan fingerprint density at radius 3 is 2.54 bits per heavy atom. The van der Waals surface area contributed by atoms with E-state index in [0.29, 0.717) is 11.1 Å². The van der Waals surface area contributed by atoms with Crippen molar-refractivity contribution in [3.05, 3.63) is 60.2 Å². The van der Waals surface area contributed by atoms with Crippen molar-refractivity contribution in [1.82, 2.24) is 10.3 Å². The van der Waals surface area contributed by atoms with E-state index in [9.17, 15) is 4.79 Å². The molecule has 2 aromatic carbocycles. The molecule has 0 saturated carbocycles. The van der Waals surface area contributed by atoms with Gasteiger partial charge in [-0.1, -0.05) is 68.1 Å². The van der Waals surface area contributed by atoms with Crippen molar-refractivity contribution in [3.8, 4) is 0 Å². The van der Waals surface area contributed by atoms with Crippen molar-refractivity contribution in [2.24, 2.45) is 5.92 Å². The lowest BCUT2D eigenvalue weighted by Crippen LogP contribution is -2.32. The molecule has 1 amide bonds. The number of aromatic nitrogens is 1. The largest absolute Gasteiger partial charge is 0.431 e. The first-order valence-electron chi connectivity index (χ1n) is 7.96. The van der Waals surface area contributed by atoms with Crippen LogP contribution in [0, 0.1) is 5.92 Å². The number of carbonyl (C=O) groups excluding carboxylic acids is 1. The molecule has 124 valence electrons. The lowest BCUT2D eigenvalue weighted by molar-refractivity contribution is -0.119. The summed E-state index contributed by atoms with van der Waals surface area (Å²) in [4.78, 5) is 16.7. The van der Waals surface area contributed by atoms with Gasteiger partial charge < -0.3 is 9.73 Å². The number of oxazole rings is 1. The van der Waals surface area contributed by atoms with Crippen molar-refractivity contribution >= 4 is 28.8 Å². The van der Waals surface area contributed by atoms with Crippen LogP contribution in [0.2, 0.25) is 0 Å². The number of para-hydroxylation sites is 2. The smallest absolute Gasteiger partial charge is 0.257 e. The summed E-state index contributed by atoms with van der Waals surface area (Å²) < 4.78 is 5.63. The second-order valence-electron chi connectivity index (χ2n) is 5.94. The summed E-state index contributed by atoms with van der Waals surface area (Å²) in [5, 5.41) is 3.63. The summed E-state index contributed by atoms with van der Waals surface area (Å²) in [5.74, 6) is 0.568. The van der Waals surface area contributed by atoms with E-state index in [4.69, 9.17) is 4.42 Å².